The van der Waals surface area contributed by atoms with Gasteiger partial charge < -0.3 is 15.0 Å². The summed E-state index contributed by atoms with van der Waals surface area (Å²) in [6.45, 7) is 0.865. The number of halogens is 1. The molecule has 0 spiro atoms. The number of unbranched alkanes of at least 4 members (excludes halogenated alkanes) is 4. The summed E-state index contributed by atoms with van der Waals surface area (Å²) in [4.78, 5) is 50.5. The van der Waals surface area contributed by atoms with Crippen LogP contribution in [-0.2, 0) is 22.6 Å². The van der Waals surface area contributed by atoms with Crippen LogP contribution in [-0.4, -0.2) is 48.2 Å². The lowest BCUT2D eigenvalue weighted by Gasteiger charge is -2.29. The second kappa shape index (κ2) is 12.0. The lowest BCUT2D eigenvalue weighted by atomic mass is 9.98. The molecule has 9 heteroatoms. The normalized spacial score (nSPS) is 17.0. The van der Waals surface area contributed by atoms with E-state index in [-0.39, 0.29) is 23.8 Å². The first kappa shape index (κ1) is 26.3. The fraction of sp³-hybridized carbons (Fsp3) is 0.429. The Morgan fingerprint density at radius 1 is 1.11 bits per heavy atom. The molecule has 2 N–H and O–H groups in total. The van der Waals surface area contributed by atoms with Gasteiger partial charge in [-0.05, 0) is 61.1 Å². The number of nitrogens with zero attached hydrogens (tertiary/aromatic N) is 1. The number of carbonyl (C=O) groups is 4. The van der Waals surface area contributed by atoms with Crippen molar-refractivity contribution < 1.29 is 28.3 Å². The number of aryl methyl sites for hydroxylation is 1. The molecule has 2 aromatic rings. The third-order valence-corrected chi connectivity index (χ3v) is 7.01. The van der Waals surface area contributed by atoms with Gasteiger partial charge in [0.2, 0.25) is 11.8 Å². The number of methoxy groups -OCH3 is 1. The van der Waals surface area contributed by atoms with Crippen molar-refractivity contribution in [1.29, 1.82) is 0 Å². The minimum absolute atomic E-state index is 0.0237. The Bertz CT molecular complexity index is 1200. The fourth-order valence-corrected chi connectivity index (χ4v) is 4.96. The maximum atomic E-state index is 13.9. The van der Waals surface area contributed by atoms with Crippen LogP contribution >= 0.6 is 0 Å². The number of carbonyl (C=O) groups excluding carboxylic acids is 4. The highest BCUT2D eigenvalue weighted by atomic mass is 19.1. The van der Waals surface area contributed by atoms with E-state index >= 15 is 0 Å². The zero-order valence-corrected chi connectivity index (χ0v) is 21.0. The Morgan fingerprint density at radius 3 is 2.68 bits per heavy atom. The Labute approximate surface area is 215 Å². The Kier molecular flexibility index (Phi) is 8.53. The average Bonchev–Trinajstić information content (AvgIpc) is 3.22. The van der Waals surface area contributed by atoms with E-state index in [1.165, 1.54) is 25.3 Å². The van der Waals surface area contributed by atoms with Gasteiger partial charge in [-0.1, -0.05) is 31.4 Å². The number of rotatable bonds is 11. The lowest BCUT2D eigenvalue weighted by Crippen LogP contribution is -2.52. The average molecular weight is 510 g/mol. The first-order valence-electron chi connectivity index (χ1n) is 12.8. The smallest absolute Gasteiger partial charge is 0.255 e. The molecule has 4 amide bonds. The van der Waals surface area contributed by atoms with E-state index in [1.54, 1.807) is 11.0 Å². The number of benzene rings is 2. The van der Waals surface area contributed by atoms with Crippen molar-refractivity contribution in [1.82, 2.24) is 15.5 Å². The van der Waals surface area contributed by atoms with Gasteiger partial charge in [-0.3, -0.25) is 24.5 Å². The summed E-state index contributed by atoms with van der Waals surface area (Å²) in [5.41, 5.74) is 2.72. The Morgan fingerprint density at radius 2 is 1.89 bits per heavy atom. The van der Waals surface area contributed by atoms with E-state index in [1.807, 2.05) is 12.1 Å². The second-order valence-corrected chi connectivity index (χ2v) is 9.46. The number of hydrogen-bond acceptors (Lipinski definition) is 5. The molecule has 1 fully saturated rings. The molecule has 1 unspecified atom stereocenters. The van der Waals surface area contributed by atoms with Crippen LogP contribution in [0.2, 0.25) is 0 Å². The fourth-order valence-electron chi connectivity index (χ4n) is 4.96. The molecule has 8 nitrogen and oxygen atoms in total. The monoisotopic (exact) mass is 509 g/mol. The van der Waals surface area contributed by atoms with Crippen LogP contribution in [0.1, 0.15) is 76.8 Å². The van der Waals surface area contributed by atoms with E-state index in [2.05, 4.69) is 10.6 Å². The minimum Gasteiger partial charge on any atom is -0.497 e. The summed E-state index contributed by atoms with van der Waals surface area (Å²) in [6, 6.07) is 9.20. The van der Waals surface area contributed by atoms with Gasteiger partial charge in [0.1, 0.15) is 17.6 Å². The molecule has 0 radical (unpaired) electrons. The van der Waals surface area contributed by atoms with Gasteiger partial charge >= 0.3 is 0 Å². The topological polar surface area (TPSA) is 105 Å². The van der Waals surface area contributed by atoms with Gasteiger partial charge in [0.15, 0.2) is 0 Å². The molecule has 0 saturated carbocycles. The molecular weight excluding hydrogens is 477 g/mol. The first-order chi connectivity index (χ1) is 17.9. The van der Waals surface area contributed by atoms with Gasteiger partial charge in [0.05, 0.1) is 12.7 Å². The van der Waals surface area contributed by atoms with Gasteiger partial charge in [0.25, 0.3) is 11.8 Å². The number of hydrogen-bond donors (Lipinski definition) is 2. The first-order valence-corrected chi connectivity index (χ1v) is 12.8. The highest BCUT2D eigenvalue weighted by Crippen LogP contribution is 2.30. The summed E-state index contributed by atoms with van der Waals surface area (Å²) in [7, 11) is 1.47. The number of amides is 4. The van der Waals surface area contributed by atoms with Crippen LogP contribution in [0.5, 0.6) is 5.75 Å². The molecule has 2 aliphatic rings. The minimum atomic E-state index is -0.605. The van der Waals surface area contributed by atoms with E-state index in [4.69, 9.17) is 4.74 Å². The van der Waals surface area contributed by atoms with E-state index < -0.39 is 23.7 Å². The van der Waals surface area contributed by atoms with Crippen molar-refractivity contribution in [3.63, 3.8) is 0 Å². The molecule has 1 atom stereocenters. The number of ether oxygens (including phenoxy) is 1. The quantitative estimate of drug-likeness (QED) is 0.356. The molecule has 2 aliphatic heterocycles. The molecule has 0 aromatic heterocycles. The van der Waals surface area contributed by atoms with Crippen LogP contribution in [0.15, 0.2) is 36.4 Å². The number of fused-ring (bicyclic) bond motifs is 1. The Balaban J connectivity index is 1.18. The van der Waals surface area contributed by atoms with Crippen LogP contribution in [0.4, 0.5) is 4.39 Å². The zero-order valence-electron chi connectivity index (χ0n) is 21.0. The van der Waals surface area contributed by atoms with Gasteiger partial charge in [0, 0.05) is 25.1 Å². The highest BCUT2D eigenvalue weighted by Gasteiger charge is 2.39. The van der Waals surface area contributed by atoms with Gasteiger partial charge in [-0.2, -0.15) is 0 Å². The van der Waals surface area contributed by atoms with Crippen molar-refractivity contribution in [2.24, 2.45) is 0 Å². The summed E-state index contributed by atoms with van der Waals surface area (Å²) in [6.07, 6.45) is 6.14. The SMILES string of the molecule is COc1ccc(F)c(C(=O)NCCCCCCCc2cccc3c2CN(C2CCC(=O)NC2=O)C3=O)c1. The predicted molar refractivity (Wildman–Crippen MR) is 135 cm³/mol. The van der Waals surface area contributed by atoms with Crippen molar-refractivity contribution in [2.45, 2.75) is 64.0 Å². The molecule has 2 aromatic carbocycles. The molecule has 0 bridgehead atoms. The van der Waals surface area contributed by atoms with E-state index in [0.717, 1.165) is 49.7 Å². The second-order valence-electron chi connectivity index (χ2n) is 9.46. The van der Waals surface area contributed by atoms with Crippen LogP contribution in [0, 0.1) is 5.82 Å². The van der Waals surface area contributed by atoms with Crippen molar-refractivity contribution in [2.75, 3.05) is 13.7 Å². The molecule has 1 saturated heterocycles. The van der Waals surface area contributed by atoms with Gasteiger partial charge in [-0.15, -0.1) is 0 Å². The molecule has 37 heavy (non-hydrogen) atoms. The molecule has 0 aliphatic carbocycles. The van der Waals surface area contributed by atoms with Crippen LogP contribution < -0.4 is 15.4 Å². The highest BCUT2D eigenvalue weighted by molar-refractivity contribution is 6.05. The third kappa shape index (κ3) is 6.15. The van der Waals surface area contributed by atoms with Crippen molar-refractivity contribution >= 4 is 23.6 Å². The molecular formula is C28H32FN3O5. The van der Waals surface area contributed by atoms with Crippen LogP contribution in [0.3, 0.4) is 0 Å². The summed E-state index contributed by atoms with van der Waals surface area (Å²) in [5, 5.41) is 5.09. The number of imide groups is 1. The largest absolute Gasteiger partial charge is 0.497 e. The van der Waals surface area contributed by atoms with Crippen LogP contribution in [0.25, 0.3) is 0 Å². The third-order valence-electron chi connectivity index (χ3n) is 7.01. The van der Waals surface area contributed by atoms with Crippen molar-refractivity contribution in [3.05, 3.63) is 64.5 Å². The molecule has 4 rings (SSSR count). The van der Waals surface area contributed by atoms with E-state index in [9.17, 15) is 23.6 Å². The zero-order chi connectivity index (χ0) is 26.4. The standard InChI is InChI=1S/C28H32FN3O5/c1-37-19-11-12-23(29)21(16-19)26(34)30-15-6-4-2-3-5-8-18-9-7-10-20-22(18)17-32(28(20)36)24-13-14-25(33)31-27(24)35/h7,9-12,16,24H,2-6,8,13-15,17H2,1H3,(H,30,34)(H,31,33,35). The lowest BCUT2D eigenvalue weighted by molar-refractivity contribution is -0.136. The summed E-state index contributed by atoms with van der Waals surface area (Å²) in [5.74, 6) is -1.43. The van der Waals surface area contributed by atoms with E-state index in [0.29, 0.717) is 30.8 Å². The maximum Gasteiger partial charge on any atom is 0.255 e. The van der Waals surface area contributed by atoms with Gasteiger partial charge in [-0.25, -0.2) is 4.39 Å². The van der Waals surface area contributed by atoms with Crippen molar-refractivity contribution in [3.8, 4) is 5.75 Å². The molecule has 2 heterocycles. The molecule has 196 valence electrons. The maximum absolute atomic E-state index is 13.9. The summed E-state index contributed by atoms with van der Waals surface area (Å²) >= 11 is 0. The Hall–Kier alpha value is -3.75. The summed E-state index contributed by atoms with van der Waals surface area (Å²) < 4.78 is 18.9. The number of nitrogens with one attached hydrogen (secondary N) is 2. The predicted octanol–water partition coefficient (Wildman–Crippen LogP) is 3.52. The number of piperidine rings is 1.